The molecule has 2 aromatic rings. The fraction of sp³-hybridized carbons (Fsp3) is 0.0833. The molecule has 3 N–H and O–H groups in total. The number of hydrogen-bond acceptors (Lipinski definition) is 2. The minimum Gasteiger partial charge on any atom is -0.385 e. The van der Waals surface area contributed by atoms with E-state index in [0.29, 0.717) is 5.82 Å². The van der Waals surface area contributed by atoms with E-state index in [-0.39, 0.29) is 5.56 Å². The molecule has 15 heavy (non-hydrogen) atoms. The van der Waals surface area contributed by atoms with Crippen molar-refractivity contribution < 1.29 is 0 Å². The summed E-state index contributed by atoms with van der Waals surface area (Å²) in [6.45, 7) is 0. The van der Waals surface area contributed by atoms with Crippen molar-refractivity contribution in [3.05, 3.63) is 63.9 Å². The second kappa shape index (κ2) is 4.00. The van der Waals surface area contributed by atoms with Crippen molar-refractivity contribution in [2.24, 2.45) is 0 Å². The summed E-state index contributed by atoms with van der Waals surface area (Å²) in [5.41, 5.74) is 7.51. The van der Waals surface area contributed by atoms with E-state index in [1.165, 1.54) is 5.56 Å². The average Bonchev–Trinajstić information content (AvgIpc) is 2.17. The van der Waals surface area contributed by atoms with Crippen LogP contribution in [0.5, 0.6) is 0 Å². The van der Waals surface area contributed by atoms with Gasteiger partial charge in [-0.15, -0.1) is 0 Å². The minimum atomic E-state index is -0.152. The van der Waals surface area contributed by atoms with Gasteiger partial charge in [0.2, 0.25) is 5.56 Å². The number of hydrogen-bond donors (Lipinski definition) is 2. The SMILES string of the molecule is Nc1cc(Cc2ccccc2)cc(=O)[nH]1. The maximum absolute atomic E-state index is 11.2. The number of nitrogen functional groups attached to an aromatic ring is 1. The van der Waals surface area contributed by atoms with E-state index >= 15 is 0 Å². The Morgan fingerprint density at radius 3 is 2.47 bits per heavy atom. The summed E-state index contributed by atoms with van der Waals surface area (Å²) in [6, 6.07) is 13.3. The van der Waals surface area contributed by atoms with Gasteiger partial charge in [-0.25, -0.2) is 0 Å². The molecule has 0 bridgehead atoms. The third-order valence-electron chi connectivity index (χ3n) is 2.18. The molecule has 0 aliphatic rings. The molecule has 0 radical (unpaired) electrons. The molecule has 2 rings (SSSR count). The number of anilines is 1. The van der Waals surface area contributed by atoms with E-state index in [0.717, 1.165) is 12.0 Å². The highest BCUT2D eigenvalue weighted by Crippen LogP contribution is 2.08. The van der Waals surface area contributed by atoms with Gasteiger partial charge >= 0.3 is 0 Å². The number of aromatic amines is 1. The first kappa shape index (κ1) is 9.52. The van der Waals surface area contributed by atoms with Crippen LogP contribution < -0.4 is 11.3 Å². The van der Waals surface area contributed by atoms with Crippen molar-refractivity contribution in [3.8, 4) is 0 Å². The van der Waals surface area contributed by atoms with Crippen LogP contribution in [-0.2, 0) is 6.42 Å². The fourth-order valence-corrected chi connectivity index (χ4v) is 1.56. The maximum Gasteiger partial charge on any atom is 0.249 e. The summed E-state index contributed by atoms with van der Waals surface area (Å²) in [5, 5.41) is 0. The van der Waals surface area contributed by atoms with Crippen molar-refractivity contribution in [2.45, 2.75) is 6.42 Å². The second-order valence-electron chi connectivity index (χ2n) is 3.47. The van der Waals surface area contributed by atoms with Crippen LogP contribution in [0.3, 0.4) is 0 Å². The second-order valence-corrected chi connectivity index (χ2v) is 3.47. The molecule has 0 saturated heterocycles. The van der Waals surface area contributed by atoms with Crippen molar-refractivity contribution in [3.63, 3.8) is 0 Å². The molecule has 0 fully saturated rings. The van der Waals surface area contributed by atoms with Gasteiger partial charge in [-0.2, -0.15) is 0 Å². The predicted octanol–water partition coefficient (Wildman–Crippen LogP) is 1.55. The maximum atomic E-state index is 11.2. The van der Waals surface area contributed by atoms with Gasteiger partial charge in [0.25, 0.3) is 0 Å². The molecule has 3 heteroatoms. The van der Waals surface area contributed by atoms with Crippen molar-refractivity contribution in [1.82, 2.24) is 4.98 Å². The highest BCUT2D eigenvalue weighted by atomic mass is 16.1. The molecule has 0 amide bonds. The number of H-pyrrole nitrogens is 1. The van der Waals surface area contributed by atoms with Gasteiger partial charge < -0.3 is 10.7 Å². The molecule has 0 aliphatic carbocycles. The number of aromatic nitrogens is 1. The molecule has 76 valence electrons. The summed E-state index contributed by atoms with van der Waals surface area (Å²) in [5.74, 6) is 0.411. The number of nitrogens with one attached hydrogen (secondary N) is 1. The first-order chi connectivity index (χ1) is 7.24. The summed E-state index contributed by atoms with van der Waals surface area (Å²) >= 11 is 0. The van der Waals surface area contributed by atoms with Gasteiger partial charge in [0.15, 0.2) is 0 Å². The number of benzene rings is 1. The highest BCUT2D eigenvalue weighted by molar-refractivity contribution is 5.34. The Morgan fingerprint density at radius 2 is 1.80 bits per heavy atom. The van der Waals surface area contributed by atoms with Crippen LogP contribution in [0.2, 0.25) is 0 Å². The summed E-state index contributed by atoms with van der Waals surface area (Å²) in [7, 11) is 0. The molecule has 0 aliphatic heterocycles. The Bertz CT molecular complexity index is 503. The molecule has 0 unspecified atom stereocenters. The molecule has 0 saturated carbocycles. The van der Waals surface area contributed by atoms with Gasteiger partial charge in [0.1, 0.15) is 5.82 Å². The zero-order chi connectivity index (χ0) is 10.7. The smallest absolute Gasteiger partial charge is 0.249 e. The summed E-state index contributed by atoms with van der Waals surface area (Å²) < 4.78 is 0. The first-order valence-electron chi connectivity index (χ1n) is 4.77. The van der Waals surface area contributed by atoms with E-state index in [4.69, 9.17) is 5.73 Å². The topological polar surface area (TPSA) is 58.9 Å². The molecule has 1 aromatic carbocycles. The van der Waals surface area contributed by atoms with E-state index < -0.39 is 0 Å². The molecule has 0 atom stereocenters. The van der Waals surface area contributed by atoms with Crippen LogP contribution in [0.4, 0.5) is 5.82 Å². The quantitative estimate of drug-likeness (QED) is 0.772. The fourth-order valence-electron chi connectivity index (χ4n) is 1.56. The van der Waals surface area contributed by atoms with Gasteiger partial charge in [-0.3, -0.25) is 4.79 Å². The molecule has 0 spiro atoms. The zero-order valence-corrected chi connectivity index (χ0v) is 8.23. The Hall–Kier alpha value is -2.03. The van der Waals surface area contributed by atoms with Crippen molar-refractivity contribution in [2.75, 3.05) is 5.73 Å². The summed E-state index contributed by atoms with van der Waals surface area (Å²) in [4.78, 5) is 13.7. The molecule has 1 aromatic heterocycles. The van der Waals surface area contributed by atoms with Crippen LogP contribution in [0.1, 0.15) is 11.1 Å². The Kier molecular flexibility index (Phi) is 2.54. The average molecular weight is 200 g/mol. The van der Waals surface area contributed by atoms with E-state index in [1.54, 1.807) is 12.1 Å². The van der Waals surface area contributed by atoms with Crippen LogP contribution >= 0.6 is 0 Å². The van der Waals surface area contributed by atoms with E-state index in [9.17, 15) is 4.79 Å². The van der Waals surface area contributed by atoms with Gasteiger partial charge in [-0.05, 0) is 23.6 Å². The van der Waals surface area contributed by atoms with Crippen molar-refractivity contribution >= 4 is 5.82 Å². The Balaban J connectivity index is 2.29. The lowest BCUT2D eigenvalue weighted by Crippen LogP contribution is -2.09. The first-order valence-corrected chi connectivity index (χ1v) is 4.77. The Morgan fingerprint density at radius 1 is 1.07 bits per heavy atom. The predicted molar refractivity (Wildman–Crippen MR) is 60.7 cm³/mol. The van der Waals surface area contributed by atoms with Crippen LogP contribution in [0.25, 0.3) is 0 Å². The van der Waals surface area contributed by atoms with Gasteiger partial charge in [0.05, 0.1) is 0 Å². The largest absolute Gasteiger partial charge is 0.385 e. The number of pyridine rings is 1. The van der Waals surface area contributed by atoms with E-state index in [2.05, 4.69) is 4.98 Å². The normalized spacial score (nSPS) is 10.1. The Labute approximate surface area is 87.6 Å². The van der Waals surface area contributed by atoms with Gasteiger partial charge in [0, 0.05) is 6.07 Å². The molecule has 3 nitrogen and oxygen atoms in total. The third kappa shape index (κ3) is 2.47. The molecular weight excluding hydrogens is 188 g/mol. The summed E-state index contributed by atoms with van der Waals surface area (Å²) in [6.07, 6.45) is 0.731. The van der Waals surface area contributed by atoms with Crippen molar-refractivity contribution in [1.29, 1.82) is 0 Å². The van der Waals surface area contributed by atoms with Gasteiger partial charge in [-0.1, -0.05) is 30.3 Å². The highest BCUT2D eigenvalue weighted by Gasteiger charge is 1.98. The molecular formula is C12H12N2O. The third-order valence-corrected chi connectivity index (χ3v) is 2.18. The van der Waals surface area contributed by atoms with Crippen LogP contribution in [0, 0.1) is 0 Å². The number of rotatable bonds is 2. The molecule has 1 heterocycles. The minimum absolute atomic E-state index is 0.152. The lowest BCUT2D eigenvalue weighted by molar-refractivity contribution is 1.14. The number of nitrogens with two attached hydrogens (primary N) is 1. The monoisotopic (exact) mass is 200 g/mol. The van der Waals surface area contributed by atoms with Crippen LogP contribution in [-0.4, -0.2) is 4.98 Å². The standard InChI is InChI=1S/C12H12N2O/c13-11-7-10(8-12(15)14-11)6-9-4-2-1-3-5-9/h1-5,7-8H,6H2,(H3,13,14,15). The van der Waals surface area contributed by atoms with Crippen LogP contribution in [0.15, 0.2) is 47.3 Å². The zero-order valence-electron chi connectivity index (χ0n) is 8.23. The lowest BCUT2D eigenvalue weighted by Gasteiger charge is -2.02. The lowest BCUT2D eigenvalue weighted by atomic mass is 10.1. The van der Waals surface area contributed by atoms with E-state index in [1.807, 2.05) is 30.3 Å².